The van der Waals surface area contributed by atoms with Gasteiger partial charge < -0.3 is 15.5 Å². The molecule has 1 saturated heterocycles. The Morgan fingerprint density at radius 3 is 3.00 bits per heavy atom. The molecule has 5 nitrogen and oxygen atoms in total. The van der Waals surface area contributed by atoms with Gasteiger partial charge in [0.2, 0.25) is 5.91 Å². The van der Waals surface area contributed by atoms with Crippen molar-refractivity contribution >= 4 is 49.9 Å². The van der Waals surface area contributed by atoms with E-state index in [1.807, 2.05) is 24.0 Å². The summed E-state index contributed by atoms with van der Waals surface area (Å²) in [4.78, 5) is 18.8. The number of hydrogen-bond donors (Lipinski definition) is 2. The van der Waals surface area contributed by atoms with Crippen LogP contribution in [0, 0.1) is 6.92 Å². The Kier molecular flexibility index (Phi) is 4.48. The molecule has 128 valence electrons. The zero-order valence-electron chi connectivity index (χ0n) is 14.3. The summed E-state index contributed by atoms with van der Waals surface area (Å²) < 4.78 is 1.08. The van der Waals surface area contributed by atoms with E-state index in [1.54, 1.807) is 0 Å². The molecule has 7 heteroatoms. The molecule has 3 rings (SSSR count). The summed E-state index contributed by atoms with van der Waals surface area (Å²) in [5.74, 6) is -0.0958. The fraction of sp³-hybridized carbons (Fsp3) is 0.471. The average molecular weight is 363 g/mol. The van der Waals surface area contributed by atoms with Gasteiger partial charge in [-0.3, -0.25) is 4.79 Å². The SMILES string of the molecule is Cc1ccc2nc(NC(=O)CN3C(=S)NC(C)(C)CC3C)sc2c1. The molecular formula is C17H22N4OS2. The molecule has 1 atom stereocenters. The summed E-state index contributed by atoms with van der Waals surface area (Å²) in [7, 11) is 0. The third kappa shape index (κ3) is 3.67. The lowest BCUT2D eigenvalue weighted by molar-refractivity contribution is -0.117. The lowest BCUT2D eigenvalue weighted by Gasteiger charge is -2.44. The second-order valence-corrected chi connectivity index (χ2v) is 8.45. The Balaban J connectivity index is 1.67. The summed E-state index contributed by atoms with van der Waals surface area (Å²) >= 11 is 6.92. The van der Waals surface area contributed by atoms with Gasteiger partial charge in [0.05, 0.1) is 16.8 Å². The summed E-state index contributed by atoms with van der Waals surface area (Å²) in [5.41, 5.74) is 2.06. The van der Waals surface area contributed by atoms with E-state index in [9.17, 15) is 4.79 Å². The molecule has 0 spiro atoms. The number of carbonyl (C=O) groups excluding carboxylic acids is 1. The molecule has 24 heavy (non-hydrogen) atoms. The highest BCUT2D eigenvalue weighted by Gasteiger charge is 2.33. The average Bonchev–Trinajstić information content (AvgIpc) is 2.83. The number of anilines is 1. The van der Waals surface area contributed by atoms with Crippen LogP contribution in [0.3, 0.4) is 0 Å². The number of nitrogens with one attached hydrogen (secondary N) is 2. The zero-order chi connectivity index (χ0) is 17.5. The Bertz CT molecular complexity index is 799. The Hall–Kier alpha value is -1.73. The Labute approximate surface area is 151 Å². The van der Waals surface area contributed by atoms with Gasteiger partial charge in [0.25, 0.3) is 0 Å². The normalized spacial score (nSPS) is 20.1. The first-order valence-corrected chi connectivity index (χ1v) is 9.22. The van der Waals surface area contributed by atoms with Crippen LogP contribution in [-0.2, 0) is 4.79 Å². The molecule has 0 saturated carbocycles. The smallest absolute Gasteiger partial charge is 0.245 e. The van der Waals surface area contributed by atoms with Crippen LogP contribution in [0.15, 0.2) is 18.2 Å². The summed E-state index contributed by atoms with van der Waals surface area (Å²) in [6.07, 6.45) is 0.931. The maximum atomic E-state index is 12.4. The number of nitrogens with zero attached hydrogens (tertiary/aromatic N) is 2. The quantitative estimate of drug-likeness (QED) is 0.821. The van der Waals surface area contributed by atoms with Crippen molar-refractivity contribution in [2.24, 2.45) is 0 Å². The molecule has 0 bridgehead atoms. The van der Waals surface area contributed by atoms with Gasteiger partial charge in [-0.05, 0) is 64.0 Å². The van der Waals surface area contributed by atoms with Crippen LogP contribution in [0.25, 0.3) is 10.2 Å². The highest BCUT2D eigenvalue weighted by molar-refractivity contribution is 7.80. The van der Waals surface area contributed by atoms with Crippen LogP contribution in [-0.4, -0.2) is 39.0 Å². The first-order valence-electron chi connectivity index (χ1n) is 7.99. The summed E-state index contributed by atoms with van der Waals surface area (Å²) in [5, 5.41) is 7.46. The minimum atomic E-state index is -0.0958. The van der Waals surface area contributed by atoms with Crippen LogP contribution in [0.1, 0.15) is 32.8 Å². The second-order valence-electron chi connectivity index (χ2n) is 7.03. The number of carbonyl (C=O) groups is 1. The molecule has 1 unspecified atom stereocenters. The van der Waals surface area contributed by atoms with Gasteiger partial charge in [0.15, 0.2) is 10.2 Å². The minimum Gasteiger partial charge on any atom is -0.358 e. The van der Waals surface area contributed by atoms with Crippen molar-refractivity contribution in [3.8, 4) is 0 Å². The van der Waals surface area contributed by atoms with E-state index in [0.717, 1.165) is 16.6 Å². The number of amides is 1. The van der Waals surface area contributed by atoms with Crippen LogP contribution < -0.4 is 10.6 Å². The van der Waals surface area contributed by atoms with E-state index in [0.29, 0.717) is 10.2 Å². The monoisotopic (exact) mass is 362 g/mol. The first kappa shape index (κ1) is 17.1. The van der Waals surface area contributed by atoms with Crippen molar-refractivity contribution < 1.29 is 4.79 Å². The molecule has 1 aliphatic rings. The van der Waals surface area contributed by atoms with Crippen molar-refractivity contribution in [3.63, 3.8) is 0 Å². The van der Waals surface area contributed by atoms with Gasteiger partial charge in [0, 0.05) is 11.6 Å². The molecule has 1 aliphatic heterocycles. The molecule has 2 N–H and O–H groups in total. The second kappa shape index (κ2) is 6.29. The highest BCUT2D eigenvalue weighted by atomic mass is 32.1. The number of aryl methyl sites for hydroxylation is 1. The van der Waals surface area contributed by atoms with E-state index in [4.69, 9.17) is 12.2 Å². The maximum absolute atomic E-state index is 12.4. The highest BCUT2D eigenvalue weighted by Crippen LogP contribution is 2.27. The van der Waals surface area contributed by atoms with Gasteiger partial charge in [0.1, 0.15) is 0 Å². The van der Waals surface area contributed by atoms with Gasteiger partial charge in [-0.1, -0.05) is 17.4 Å². The predicted octanol–water partition coefficient (Wildman–Crippen LogP) is 3.29. The van der Waals surface area contributed by atoms with E-state index in [-0.39, 0.29) is 24.0 Å². The standard InChI is InChI=1S/C17H22N4OS2/c1-10-5-6-12-13(7-10)24-15(18-12)19-14(22)9-21-11(2)8-17(3,4)20-16(21)23/h5-7,11H,8-9H2,1-4H3,(H,20,23)(H,18,19,22). The largest absolute Gasteiger partial charge is 0.358 e. The van der Waals surface area contributed by atoms with Crippen LogP contribution in [0.4, 0.5) is 5.13 Å². The third-order valence-corrected chi connectivity index (χ3v) is 5.42. The van der Waals surface area contributed by atoms with Gasteiger partial charge >= 0.3 is 0 Å². The zero-order valence-corrected chi connectivity index (χ0v) is 16.0. The lowest BCUT2D eigenvalue weighted by atomic mass is 9.93. The number of fused-ring (bicyclic) bond motifs is 1. The van der Waals surface area contributed by atoms with Crippen molar-refractivity contribution in [2.45, 2.75) is 45.7 Å². The Morgan fingerprint density at radius 2 is 2.29 bits per heavy atom. The molecule has 0 aliphatic carbocycles. The molecule has 2 aromatic rings. The number of thiazole rings is 1. The lowest BCUT2D eigenvalue weighted by Crippen LogP contribution is -2.61. The molecule has 1 fully saturated rings. The van der Waals surface area contributed by atoms with E-state index in [2.05, 4.69) is 42.5 Å². The van der Waals surface area contributed by atoms with E-state index >= 15 is 0 Å². The van der Waals surface area contributed by atoms with Gasteiger partial charge in [-0.2, -0.15) is 0 Å². The topological polar surface area (TPSA) is 57.3 Å². The molecular weight excluding hydrogens is 340 g/mol. The molecule has 1 amide bonds. The number of benzene rings is 1. The molecule has 2 heterocycles. The molecule has 1 aromatic carbocycles. The number of thiocarbonyl (C=S) groups is 1. The van der Waals surface area contributed by atoms with Crippen LogP contribution >= 0.6 is 23.6 Å². The third-order valence-electron chi connectivity index (χ3n) is 4.15. The number of hydrogen-bond acceptors (Lipinski definition) is 4. The minimum absolute atomic E-state index is 0.0334. The fourth-order valence-electron chi connectivity index (χ4n) is 3.09. The van der Waals surface area contributed by atoms with E-state index in [1.165, 1.54) is 16.9 Å². The Morgan fingerprint density at radius 1 is 1.54 bits per heavy atom. The maximum Gasteiger partial charge on any atom is 0.245 e. The van der Waals surface area contributed by atoms with Gasteiger partial charge in [-0.25, -0.2) is 4.98 Å². The van der Waals surface area contributed by atoms with Crippen molar-refractivity contribution in [1.29, 1.82) is 0 Å². The van der Waals surface area contributed by atoms with Crippen LogP contribution in [0.2, 0.25) is 0 Å². The van der Waals surface area contributed by atoms with Crippen LogP contribution in [0.5, 0.6) is 0 Å². The van der Waals surface area contributed by atoms with E-state index < -0.39 is 0 Å². The number of aromatic nitrogens is 1. The van der Waals surface area contributed by atoms with Crippen molar-refractivity contribution in [3.05, 3.63) is 23.8 Å². The molecule has 0 radical (unpaired) electrons. The van der Waals surface area contributed by atoms with Gasteiger partial charge in [-0.15, -0.1) is 0 Å². The van der Waals surface area contributed by atoms with Crippen molar-refractivity contribution in [2.75, 3.05) is 11.9 Å². The first-order chi connectivity index (χ1) is 11.2. The van der Waals surface area contributed by atoms with Crippen molar-refractivity contribution in [1.82, 2.24) is 15.2 Å². The summed E-state index contributed by atoms with van der Waals surface area (Å²) in [6, 6.07) is 6.30. The fourth-order valence-corrected chi connectivity index (χ4v) is 4.59. The molecule has 1 aromatic heterocycles. The predicted molar refractivity (Wildman–Crippen MR) is 104 cm³/mol. The number of rotatable bonds is 3. The summed E-state index contributed by atoms with van der Waals surface area (Å²) in [6.45, 7) is 8.62.